The van der Waals surface area contributed by atoms with Crippen LogP contribution in [0.1, 0.15) is 5.56 Å². The number of hydrogen-bond acceptors (Lipinski definition) is 6. The van der Waals surface area contributed by atoms with Crippen LogP contribution in [0.5, 0.6) is 5.75 Å². The van der Waals surface area contributed by atoms with Crippen LogP contribution in [0, 0.1) is 10.1 Å². The zero-order valence-electron chi connectivity index (χ0n) is 12.0. The molecule has 0 aliphatic carbocycles. The number of nitro groups is 1. The first-order chi connectivity index (χ1) is 10.9. The number of non-ortho nitro benzene ring substituents is 1. The van der Waals surface area contributed by atoms with Gasteiger partial charge in [0.1, 0.15) is 5.75 Å². The van der Waals surface area contributed by atoms with E-state index in [1.807, 2.05) is 4.83 Å². The monoisotopic (exact) mass is 335 g/mol. The Balaban J connectivity index is 2.20. The Morgan fingerprint density at radius 1 is 1.22 bits per heavy atom. The van der Waals surface area contributed by atoms with E-state index in [1.54, 1.807) is 24.3 Å². The van der Waals surface area contributed by atoms with Crippen molar-refractivity contribution in [1.29, 1.82) is 0 Å². The maximum absolute atomic E-state index is 12.1. The number of hydrazone groups is 1. The zero-order valence-corrected chi connectivity index (χ0v) is 12.9. The summed E-state index contributed by atoms with van der Waals surface area (Å²) in [4.78, 5) is 11.8. The molecule has 0 amide bonds. The smallest absolute Gasteiger partial charge is 0.276 e. The van der Waals surface area contributed by atoms with Crippen molar-refractivity contribution in [3.8, 4) is 5.75 Å². The van der Waals surface area contributed by atoms with Crippen molar-refractivity contribution in [2.24, 2.45) is 5.10 Å². The Labute approximate surface area is 132 Å². The molecule has 0 aromatic heterocycles. The second kappa shape index (κ2) is 6.88. The predicted octanol–water partition coefficient (Wildman–Crippen LogP) is 1.92. The standard InChI is InChI=1S/C14H13N3O5S/c1-22-14-8-3-2-5-11(14)10-15-16-23(20,21)13-7-4-6-12(9-13)17(18)19/h2-10,16H,1H3/b15-10+. The van der Waals surface area contributed by atoms with Crippen molar-refractivity contribution in [3.63, 3.8) is 0 Å². The summed E-state index contributed by atoms with van der Waals surface area (Å²) in [6.45, 7) is 0. The Kier molecular flexibility index (Phi) is 4.91. The third-order valence-electron chi connectivity index (χ3n) is 2.85. The highest BCUT2D eigenvalue weighted by molar-refractivity contribution is 7.89. The van der Waals surface area contributed by atoms with Crippen LogP contribution in [0.4, 0.5) is 5.69 Å². The van der Waals surface area contributed by atoms with Gasteiger partial charge in [-0.15, -0.1) is 0 Å². The van der Waals surface area contributed by atoms with Gasteiger partial charge >= 0.3 is 0 Å². The molecule has 8 nitrogen and oxygen atoms in total. The van der Waals surface area contributed by atoms with Crippen LogP contribution in [0.2, 0.25) is 0 Å². The van der Waals surface area contributed by atoms with Crippen LogP contribution in [0.25, 0.3) is 0 Å². The van der Waals surface area contributed by atoms with Gasteiger partial charge < -0.3 is 4.74 Å². The largest absolute Gasteiger partial charge is 0.496 e. The summed E-state index contributed by atoms with van der Waals surface area (Å²) in [5, 5.41) is 14.4. The molecule has 0 fully saturated rings. The summed E-state index contributed by atoms with van der Waals surface area (Å²) < 4.78 is 29.3. The fourth-order valence-electron chi connectivity index (χ4n) is 1.76. The zero-order chi connectivity index (χ0) is 16.9. The van der Waals surface area contributed by atoms with Gasteiger partial charge in [0.05, 0.1) is 23.1 Å². The molecule has 120 valence electrons. The maximum atomic E-state index is 12.1. The molecule has 0 atom stereocenters. The summed E-state index contributed by atoms with van der Waals surface area (Å²) in [6, 6.07) is 11.6. The maximum Gasteiger partial charge on any atom is 0.276 e. The molecule has 0 unspecified atom stereocenters. The number of nitrogens with one attached hydrogen (secondary N) is 1. The van der Waals surface area contributed by atoms with E-state index in [0.29, 0.717) is 11.3 Å². The summed E-state index contributed by atoms with van der Waals surface area (Å²) in [5.74, 6) is 0.533. The highest BCUT2D eigenvalue weighted by atomic mass is 32.2. The minimum atomic E-state index is -4.00. The quantitative estimate of drug-likeness (QED) is 0.492. The Morgan fingerprint density at radius 3 is 2.65 bits per heavy atom. The predicted molar refractivity (Wildman–Crippen MR) is 84.0 cm³/mol. The lowest BCUT2D eigenvalue weighted by atomic mass is 10.2. The van der Waals surface area contributed by atoms with Crippen LogP contribution in [0.15, 0.2) is 58.5 Å². The molecule has 1 N–H and O–H groups in total. The third-order valence-corrected chi connectivity index (χ3v) is 4.07. The number of ether oxygens (including phenoxy) is 1. The molecule has 0 saturated carbocycles. The molecular formula is C14H13N3O5S. The van der Waals surface area contributed by atoms with Crippen molar-refractivity contribution in [3.05, 3.63) is 64.2 Å². The number of para-hydroxylation sites is 1. The fourth-order valence-corrected chi connectivity index (χ4v) is 2.59. The average Bonchev–Trinajstić information content (AvgIpc) is 2.55. The van der Waals surface area contributed by atoms with Crippen LogP contribution in [-0.2, 0) is 10.0 Å². The molecule has 0 heterocycles. The SMILES string of the molecule is COc1ccccc1/C=N/NS(=O)(=O)c1cccc([N+](=O)[O-])c1. The average molecular weight is 335 g/mol. The van der Waals surface area contributed by atoms with Crippen LogP contribution in [-0.4, -0.2) is 26.7 Å². The van der Waals surface area contributed by atoms with Crippen molar-refractivity contribution in [2.75, 3.05) is 7.11 Å². The van der Waals surface area contributed by atoms with Gasteiger partial charge in [0.2, 0.25) is 0 Å². The van der Waals surface area contributed by atoms with E-state index in [4.69, 9.17) is 4.74 Å². The summed E-state index contributed by atoms with van der Waals surface area (Å²) in [5.41, 5.74) is 0.262. The normalized spacial score (nSPS) is 11.3. The van der Waals surface area contributed by atoms with Gasteiger partial charge in [-0.05, 0) is 18.2 Å². The van der Waals surface area contributed by atoms with E-state index in [9.17, 15) is 18.5 Å². The molecule has 0 aliphatic heterocycles. The number of nitrogens with zero attached hydrogens (tertiary/aromatic N) is 2. The number of nitro benzene ring substituents is 1. The first-order valence-electron chi connectivity index (χ1n) is 6.36. The lowest BCUT2D eigenvalue weighted by molar-refractivity contribution is -0.385. The van der Waals surface area contributed by atoms with Crippen LogP contribution in [0.3, 0.4) is 0 Å². The molecule has 23 heavy (non-hydrogen) atoms. The summed E-state index contributed by atoms with van der Waals surface area (Å²) in [6.07, 6.45) is 1.29. The Hall–Kier alpha value is -2.94. The molecule has 0 bridgehead atoms. The molecule has 0 aliphatic rings. The lowest BCUT2D eigenvalue weighted by Crippen LogP contribution is -2.18. The highest BCUT2D eigenvalue weighted by Gasteiger charge is 2.16. The van der Waals surface area contributed by atoms with E-state index in [-0.39, 0.29) is 10.6 Å². The van der Waals surface area contributed by atoms with E-state index in [1.165, 1.54) is 31.5 Å². The van der Waals surface area contributed by atoms with E-state index in [0.717, 1.165) is 6.07 Å². The second-order valence-electron chi connectivity index (χ2n) is 4.35. The number of hydrogen-bond donors (Lipinski definition) is 1. The molecule has 0 radical (unpaired) electrons. The van der Waals surface area contributed by atoms with Gasteiger partial charge in [0.15, 0.2) is 0 Å². The topological polar surface area (TPSA) is 111 Å². The summed E-state index contributed by atoms with van der Waals surface area (Å²) >= 11 is 0. The first-order valence-corrected chi connectivity index (χ1v) is 7.85. The molecular weight excluding hydrogens is 322 g/mol. The highest BCUT2D eigenvalue weighted by Crippen LogP contribution is 2.17. The minimum absolute atomic E-state index is 0.246. The number of rotatable bonds is 6. The molecule has 2 aromatic rings. The van der Waals surface area contributed by atoms with Crippen molar-refractivity contribution < 1.29 is 18.1 Å². The molecule has 0 saturated heterocycles. The van der Waals surface area contributed by atoms with Gasteiger partial charge in [-0.3, -0.25) is 10.1 Å². The molecule has 2 rings (SSSR count). The third kappa shape index (κ3) is 4.04. The van der Waals surface area contributed by atoms with Crippen molar-refractivity contribution >= 4 is 21.9 Å². The van der Waals surface area contributed by atoms with Crippen molar-refractivity contribution in [2.45, 2.75) is 4.90 Å². The molecule has 2 aromatic carbocycles. The van der Waals surface area contributed by atoms with E-state index in [2.05, 4.69) is 5.10 Å². The molecule has 0 spiro atoms. The van der Waals surface area contributed by atoms with Gasteiger partial charge in [-0.25, -0.2) is 4.83 Å². The van der Waals surface area contributed by atoms with Crippen LogP contribution < -0.4 is 9.57 Å². The Bertz CT molecular complexity index is 849. The minimum Gasteiger partial charge on any atom is -0.496 e. The van der Waals surface area contributed by atoms with E-state index >= 15 is 0 Å². The van der Waals surface area contributed by atoms with Crippen LogP contribution >= 0.6 is 0 Å². The Morgan fingerprint density at radius 2 is 1.96 bits per heavy atom. The molecule has 9 heteroatoms. The van der Waals surface area contributed by atoms with Gasteiger partial charge in [0, 0.05) is 17.7 Å². The second-order valence-corrected chi connectivity index (χ2v) is 6.01. The number of methoxy groups -OCH3 is 1. The van der Waals surface area contributed by atoms with Gasteiger partial charge in [-0.1, -0.05) is 18.2 Å². The summed E-state index contributed by atoms with van der Waals surface area (Å²) in [7, 11) is -2.51. The van der Waals surface area contributed by atoms with Crippen molar-refractivity contribution in [1.82, 2.24) is 4.83 Å². The first kappa shape index (κ1) is 16.4. The van der Waals surface area contributed by atoms with Gasteiger partial charge in [0.25, 0.3) is 15.7 Å². The van der Waals surface area contributed by atoms with Gasteiger partial charge in [-0.2, -0.15) is 13.5 Å². The number of sulfonamides is 1. The lowest BCUT2D eigenvalue weighted by Gasteiger charge is -2.04. The number of benzene rings is 2. The fraction of sp³-hybridized carbons (Fsp3) is 0.0714. The van der Waals surface area contributed by atoms with E-state index < -0.39 is 14.9 Å².